The third kappa shape index (κ3) is 5.05. The number of carbonyl (C=O) groups excluding carboxylic acids is 2. The second kappa shape index (κ2) is 8.98. The van der Waals surface area contributed by atoms with Gasteiger partial charge in [-0.3, -0.25) is 9.59 Å². The van der Waals surface area contributed by atoms with Crippen molar-refractivity contribution in [2.75, 3.05) is 13.6 Å². The Morgan fingerprint density at radius 3 is 2.58 bits per heavy atom. The summed E-state index contributed by atoms with van der Waals surface area (Å²) in [5, 5.41) is 2.74. The minimum absolute atomic E-state index is 0.00895. The van der Waals surface area contributed by atoms with E-state index < -0.39 is 24.5 Å². The molecular weight excluding hydrogens is 346 g/mol. The maximum atomic E-state index is 12.6. The van der Waals surface area contributed by atoms with E-state index in [2.05, 4.69) is 10.1 Å². The van der Waals surface area contributed by atoms with Gasteiger partial charge in [0.1, 0.15) is 5.75 Å². The molecule has 1 aromatic carbocycles. The van der Waals surface area contributed by atoms with Gasteiger partial charge in [-0.05, 0) is 24.6 Å². The van der Waals surface area contributed by atoms with E-state index in [1.165, 1.54) is 30.3 Å². The minimum Gasteiger partial charge on any atom is -0.459 e. The molecule has 1 aromatic heterocycles. The van der Waals surface area contributed by atoms with Crippen LogP contribution in [0.5, 0.6) is 5.75 Å². The van der Waals surface area contributed by atoms with E-state index in [9.17, 15) is 18.4 Å². The fraction of sp³-hybridized carbons (Fsp3) is 0.333. The van der Waals surface area contributed by atoms with Crippen molar-refractivity contribution in [1.82, 2.24) is 10.2 Å². The zero-order valence-electron chi connectivity index (χ0n) is 14.4. The molecular formula is C18H20F2N2O4. The van der Waals surface area contributed by atoms with E-state index in [-0.39, 0.29) is 18.1 Å². The quantitative estimate of drug-likeness (QED) is 0.779. The fourth-order valence-corrected chi connectivity index (χ4v) is 2.49. The summed E-state index contributed by atoms with van der Waals surface area (Å²) in [4.78, 5) is 25.6. The van der Waals surface area contributed by atoms with Crippen LogP contribution in [0.1, 0.15) is 35.5 Å². The van der Waals surface area contributed by atoms with Gasteiger partial charge in [0.2, 0.25) is 5.91 Å². The number of alkyl halides is 2. The largest absolute Gasteiger partial charge is 0.459 e. The van der Waals surface area contributed by atoms with E-state index in [1.54, 1.807) is 24.3 Å². The number of nitrogens with zero attached hydrogens (tertiary/aromatic N) is 1. The van der Waals surface area contributed by atoms with Gasteiger partial charge in [0.05, 0.1) is 18.8 Å². The first-order valence-corrected chi connectivity index (χ1v) is 8.04. The highest BCUT2D eigenvalue weighted by atomic mass is 19.3. The number of likely N-dealkylation sites (N-methyl/N-ethyl adjacent to an activating group) is 1. The molecule has 2 amide bonds. The Morgan fingerprint density at radius 1 is 1.23 bits per heavy atom. The van der Waals surface area contributed by atoms with E-state index in [0.29, 0.717) is 12.0 Å². The van der Waals surface area contributed by atoms with Crippen LogP contribution in [0.4, 0.5) is 8.78 Å². The number of benzene rings is 1. The molecule has 6 nitrogen and oxygen atoms in total. The highest BCUT2D eigenvalue weighted by molar-refractivity contribution is 5.94. The number of halogens is 2. The molecule has 0 saturated carbocycles. The molecule has 26 heavy (non-hydrogen) atoms. The number of rotatable bonds is 8. The van der Waals surface area contributed by atoms with Gasteiger partial charge in [0.25, 0.3) is 5.91 Å². The average Bonchev–Trinajstić information content (AvgIpc) is 3.13. The molecule has 0 spiro atoms. The van der Waals surface area contributed by atoms with Gasteiger partial charge in [-0.15, -0.1) is 0 Å². The zero-order chi connectivity index (χ0) is 19.1. The number of para-hydroxylation sites is 1. The smallest absolute Gasteiger partial charge is 0.387 e. The van der Waals surface area contributed by atoms with Crippen molar-refractivity contribution in [2.45, 2.75) is 26.0 Å². The second-order valence-corrected chi connectivity index (χ2v) is 5.58. The van der Waals surface area contributed by atoms with Crippen molar-refractivity contribution in [1.29, 1.82) is 0 Å². The van der Waals surface area contributed by atoms with Crippen LogP contribution in [-0.4, -0.2) is 36.9 Å². The highest BCUT2D eigenvalue weighted by Gasteiger charge is 2.21. The molecule has 0 radical (unpaired) electrons. The lowest BCUT2D eigenvalue weighted by Gasteiger charge is -2.22. The van der Waals surface area contributed by atoms with Gasteiger partial charge in [0.15, 0.2) is 5.76 Å². The lowest BCUT2D eigenvalue weighted by Crippen LogP contribution is -2.39. The third-order valence-corrected chi connectivity index (χ3v) is 3.71. The molecule has 0 saturated heterocycles. The summed E-state index contributed by atoms with van der Waals surface area (Å²) in [6.45, 7) is -1.35. The van der Waals surface area contributed by atoms with Crippen molar-refractivity contribution in [3.63, 3.8) is 0 Å². The first-order valence-electron chi connectivity index (χ1n) is 8.04. The lowest BCUT2D eigenvalue weighted by molar-refractivity contribution is -0.122. The molecule has 1 heterocycles. The first-order chi connectivity index (χ1) is 12.4. The summed E-state index contributed by atoms with van der Waals surface area (Å²) >= 11 is 0. The summed E-state index contributed by atoms with van der Waals surface area (Å²) < 4.78 is 34.7. The maximum Gasteiger partial charge on any atom is 0.387 e. The molecule has 0 fully saturated rings. The normalized spacial score (nSPS) is 11.9. The van der Waals surface area contributed by atoms with Crippen LogP contribution in [0.3, 0.4) is 0 Å². The fourth-order valence-electron chi connectivity index (χ4n) is 2.49. The average molecular weight is 366 g/mol. The summed E-state index contributed by atoms with van der Waals surface area (Å²) in [7, 11) is 1.47. The summed E-state index contributed by atoms with van der Waals surface area (Å²) in [6, 6.07) is 8.84. The van der Waals surface area contributed by atoms with Crippen molar-refractivity contribution in [2.24, 2.45) is 0 Å². The van der Waals surface area contributed by atoms with Gasteiger partial charge in [0, 0.05) is 12.6 Å². The number of carbonyl (C=O) groups is 2. The molecule has 140 valence electrons. The van der Waals surface area contributed by atoms with E-state index >= 15 is 0 Å². The standard InChI is InChI=1S/C18H20F2N2O4/c1-3-13(12-7-4-5-8-14(12)26-18(19)20)21-16(23)11-22(2)17(24)15-9-6-10-25-15/h4-10,13,18H,3,11H2,1-2H3,(H,21,23)/t13-/m1/s1. The lowest BCUT2D eigenvalue weighted by atomic mass is 10.0. The number of furan rings is 1. The molecule has 0 aliphatic carbocycles. The zero-order valence-corrected chi connectivity index (χ0v) is 14.4. The Labute approximate surface area is 149 Å². The van der Waals surface area contributed by atoms with Crippen LogP contribution < -0.4 is 10.1 Å². The Hall–Kier alpha value is -2.90. The van der Waals surface area contributed by atoms with E-state index in [4.69, 9.17) is 4.42 Å². The van der Waals surface area contributed by atoms with Crippen molar-refractivity contribution >= 4 is 11.8 Å². The molecule has 0 bridgehead atoms. The molecule has 0 unspecified atom stereocenters. The minimum atomic E-state index is -2.96. The van der Waals surface area contributed by atoms with Crippen LogP contribution in [0, 0.1) is 0 Å². The van der Waals surface area contributed by atoms with Gasteiger partial charge in [-0.25, -0.2) is 0 Å². The van der Waals surface area contributed by atoms with E-state index in [0.717, 1.165) is 0 Å². The number of nitrogens with one attached hydrogen (secondary N) is 1. The predicted octanol–water partition coefficient (Wildman–Crippen LogP) is 3.22. The molecule has 0 aliphatic heterocycles. The predicted molar refractivity (Wildman–Crippen MR) is 89.9 cm³/mol. The molecule has 0 aliphatic rings. The number of hydrogen-bond acceptors (Lipinski definition) is 4. The molecule has 1 N–H and O–H groups in total. The van der Waals surface area contributed by atoms with Crippen LogP contribution in [0.15, 0.2) is 47.1 Å². The molecule has 8 heteroatoms. The highest BCUT2D eigenvalue weighted by Crippen LogP contribution is 2.28. The molecule has 1 atom stereocenters. The number of amides is 2. The topological polar surface area (TPSA) is 71.8 Å². The van der Waals surface area contributed by atoms with Crippen LogP contribution in [0.25, 0.3) is 0 Å². The molecule has 2 aromatic rings. The Balaban J connectivity index is 2.03. The summed E-state index contributed by atoms with van der Waals surface area (Å²) in [5.74, 6) is -0.719. The summed E-state index contributed by atoms with van der Waals surface area (Å²) in [5.41, 5.74) is 0.448. The van der Waals surface area contributed by atoms with Gasteiger partial charge in [-0.1, -0.05) is 25.1 Å². The van der Waals surface area contributed by atoms with Crippen LogP contribution in [-0.2, 0) is 4.79 Å². The Kier molecular flexibility index (Phi) is 6.71. The monoisotopic (exact) mass is 366 g/mol. The van der Waals surface area contributed by atoms with Crippen molar-refractivity contribution in [3.8, 4) is 5.75 Å². The van der Waals surface area contributed by atoms with Crippen molar-refractivity contribution in [3.05, 3.63) is 54.0 Å². The maximum absolute atomic E-state index is 12.6. The second-order valence-electron chi connectivity index (χ2n) is 5.58. The van der Waals surface area contributed by atoms with Crippen LogP contribution >= 0.6 is 0 Å². The SMILES string of the molecule is CC[C@@H](NC(=O)CN(C)C(=O)c1ccco1)c1ccccc1OC(F)F. The van der Waals surface area contributed by atoms with Crippen LogP contribution in [0.2, 0.25) is 0 Å². The van der Waals surface area contributed by atoms with Gasteiger partial charge >= 0.3 is 6.61 Å². The Bertz CT molecular complexity index is 735. The first kappa shape index (κ1) is 19.4. The summed E-state index contributed by atoms with van der Waals surface area (Å²) in [6.07, 6.45) is 1.83. The van der Waals surface area contributed by atoms with Gasteiger partial charge < -0.3 is 19.4 Å². The molecule has 2 rings (SSSR count). The van der Waals surface area contributed by atoms with E-state index in [1.807, 2.05) is 6.92 Å². The number of ether oxygens (including phenoxy) is 1. The van der Waals surface area contributed by atoms with Crippen molar-refractivity contribution < 1.29 is 27.5 Å². The third-order valence-electron chi connectivity index (χ3n) is 3.71. The number of hydrogen-bond donors (Lipinski definition) is 1. The Morgan fingerprint density at radius 2 is 1.96 bits per heavy atom. The van der Waals surface area contributed by atoms with Gasteiger partial charge in [-0.2, -0.15) is 8.78 Å².